The molecule has 7 nitrogen and oxygen atoms in total. The normalized spacial score (nSPS) is 21.2. The number of ketones is 1. The molecular weight excluding hydrogens is 590 g/mol. The zero-order valence-electron chi connectivity index (χ0n) is 23.2. The summed E-state index contributed by atoms with van der Waals surface area (Å²) in [4.78, 5) is 26.4. The van der Waals surface area contributed by atoms with Gasteiger partial charge in [-0.25, -0.2) is 17.2 Å². The standard InChI is InChI=1S/C31H29F4NO6S/c1-41-28(38)31-11-9-30(19-31,10-12-31)27(37)17-36(43(39,40)18-20-5-3-2-4-6-20)26-15-21(7-8-25(26)33)22-13-23(32)16-24(14-22)42-29(34)35/h2-8,13-16,29H,9-12,17-19H2,1H3. The van der Waals surface area contributed by atoms with Crippen LogP contribution in [-0.2, 0) is 30.1 Å². The van der Waals surface area contributed by atoms with Crippen LogP contribution in [0.2, 0.25) is 0 Å². The highest BCUT2D eigenvalue weighted by atomic mass is 32.2. The maximum atomic E-state index is 15.5. The summed E-state index contributed by atoms with van der Waals surface area (Å²) in [6.07, 6.45) is 1.80. The highest BCUT2D eigenvalue weighted by molar-refractivity contribution is 7.92. The lowest BCUT2D eigenvalue weighted by Crippen LogP contribution is -2.42. The van der Waals surface area contributed by atoms with E-state index in [4.69, 9.17) is 4.74 Å². The summed E-state index contributed by atoms with van der Waals surface area (Å²) in [5.74, 6) is -3.75. The van der Waals surface area contributed by atoms with Gasteiger partial charge in [-0.1, -0.05) is 36.4 Å². The van der Waals surface area contributed by atoms with Crippen molar-refractivity contribution in [3.05, 3.63) is 83.9 Å². The van der Waals surface area contributed by atoms with E-state index in [0.717, 1.165) is 30.3 Å². The summed E-state index contributed by atoms with van der Waals surface area (Å²) < 4.78 is 93.1. The quantitative estimate of drug-likeness (QED) is 0.186. The van der Waals surface area contributed by atoms with Crippen molar-refractivity contribution in [1.29, 1.82) is 0 Å². The monoisotopic (exact) mass is 619 g/mol. The molecule has 43 heavy (non-hydrogen) atoms. The summed E-state index contributed by atoms with van der Waals surface area (Å²) in [6, 6.07) is 14.4. The number of esters is 1. The Hall–Kier alpha value is -3.93. The molecule has 0 heterocycles. The van der Waals surface area contributed by atoms with Gasteiger partial charge < -0.3 is 9.47 Å². The number of benzene rings is 3. The molecule has 228 valence electrons. The van der Waals surface area contributed by atoms with Crippen molar-refractivity contribution < 1.29 is 45.0 Å². The molecule has 0 N–H and O–H groups in total. The second-order valence-electron chi connectivity index (χ2n) is 11.1. The van der Waals surface area contributed by atoms with Crippen LogP contribution in [0.3, 0.4) is 0 Å². The second-order valence-corrected chi connectivity index (χ2v) is 13.0. The molecule has 0 saturated heterocycles. The smallest absolute Gasteiger partial charge is 0.387 e. The van der Waals surface area contributed by atoms with Crippen molar-refractivity contribution in [2.45, 2.75) is 44.5 Å². The van der Waals surface area contributed by atoms with Gasteiger partial charge in [0, 0.05) is 11.5 Å². The minimum atomic E-state index is -4.38. The van der Waals surface area contributed by atoms with Crippen molar-refractivity contribution in [3.63, 3.8) is 0 Å². The Labute approximate surface area is 246 Å². The van der Waals surface area contributed by atoms with E-state index in [1.165, 1.54) is 13.2 Å². The van der Waals surface area contributed by atoms with Crippen LogP contribution in [0.5, 0.6) is 5.75 Å². The molecule has 2 aliphatic rings. The van der Waals surface area contributed by atoms with E-state index in [-0.39, 0.29) is 17.5 Å². The van der Waals surface area contributed by atoms with Gasteiger partial charge in [0.05, 0.1) is 30.5 Å². The summed E-state index contributed by atoms with van der Waals surface area (Å²) in [7, 11) is -3.10. The van der Waals surface area contributed by atoms with Crippen LogP contribution in [0, 0.1) is 22.5 Å². The maximum absolute atomic E-state index is 15.5. The zero-order chi connectivity index (χ0) is 31.0. The molecule has 2 aliphatic carbocycles. The van der Waals surface area contributed by atoms with Crippen LogP contribution in [0.25, 0.3) is 11.1 Å². The van der Waals surface area contributed by atoms with E-state index >= 15 is 4.39 Å². The first-order valence-electron chi connectivity index (χ1n) is 13.6. The van der Waals surface area contributed by atoms with Crippen LogP contribution >= 0.6 is 0 Å². The van der Waals surface area contributed by atoms with Gasteiger partial charge in [0.25, 0.3) is 0 Å². The summed E-state index contributed by atoms with van der Waals surface area (Å²) in [6.45, 7) is -3.91. The second kappa shape index (κ2) is 11.6. The Morgan fingerprint density at radius 2 is 1.58 bits per heavy atom. The van der Waals surface area contributed by atoms with Gasteiger partial charge in [0.1, 0.15) is 17.4 Å². The van der Waals surface area contributed by atoms with Gasteiger partial charge in [-0.2, -0.15) is 8.78 Å². The van der Waals surface area contributed by atoms with Crippen molar-refractivity contribution in [2.24, 2.45) is 10.8 Å². The first kappa shape index (κ1) is 30.5. The fourth-order valence-electron chi connectivity index (χ4n) is 6.36. The molecule has 0 amide bonds. The predicted octanol–water partition coefficient (Wildman–Crippen LogP) is 6.26. The van der Waals surface area contributed by atoms with Gasteiger partial charge >= 0.3 is 12.6 Å². The number of carbonyl (C=O) groups excluding carboxylic acids is 2. The average molecular weight is 620 g/mol. The number of rotatable bonds is 11. The molecule has 5 rings (SSSR count). The van der Waals surface area contributed by atoms with Crippen molar-refractivity contribution >= 4 is 27.5 Å². The molecule has 12 heteroatoms. The van der Waals surface area contributed by atoms with E-state index < -0.39 is 74.6 Å². The SMILES string of the molecule is COC(=O)C12CCC(C(=O)CN(c3cc(-c4cc(F)cc(OC(F)F)c4)ccc3F)S(=O)(=O)Cc3ccccc3)(CC1)C2. The number of sulfonamides is 1. The van der Waals surface area contributed by atoms with Crippen molar-refractivity contribution in [2.75, 3.05) is 18.0 Å². The van der Waals surface area contributed by atoms with E-state index in [1.807, 2.05) is 0 Å². The largest absolute Gasteiger partial charge is 0.469 e. The molecule has 0 spiro atoms. The Balaban J connectivity index is 1.54. The molecular formula is C31H29F4NO6S. The van der Waals surface area contributed by atoms with E-state index in [0.29, 0.717) is 35.6 Å². The number of hydrogen-bond donors (Lipinski definition) is 0. The average Bonchev–Trinajstić information content (AvgIpc) is 3.55. The van der Waals surface area contributed by atoms with Crippen molar-refractivity contribution in [1.82, 2.24) is 0 Å². The Morgan fingerprint density at radius 3 is 2.23 bits per heavy atom. The molecule has 0 atom stereocenters. The number of hydrogen-bond acceptors (Lipinski definition) is 6. The van der Waals surface area contributed by atoms with Gasteiger partial charge in [0.15, 0.2) is 5.78 Å². The molecule has 3 aromatic carbocycles. The minimum absolute atomic E-state index is 0.0247. The number of ether oxygens (including phenoxy) is 2. The number of methoxy groups -OCH3 is 1. The Bertz CT molecular complexity index is 1640. The van der Waals surface area contributed by atoms with Crippen LogP contribution in [0.4, 0.5) is 23.2 Å². The van der Waals surface area contributed by atoms with Gasteiger partial charge in [0.2, 0.25) is 10.0 Å². The highest BCUT2D eigenvalue weighted by Crippen LogP contribution is 2.62. The first-order chi connectivity index (χ1) is 20.4. The number of fused-ring (bicyclic) bond motifs is 2. The molecule has 2 saturated carbocycles. The Kier molecular flexibility index (Phi) is 8.26. The first-order valence-corrected chi connectivity index (χ1v) is 15.2. The fourth-order valence-corrected chi connectivity index (χ4v) is 7.88. The van der Waals surface area contributed by atoms with Gasteiger partial charge in [-0.15, -0.1) is 0 Å². The van der Waals surface area contributed by atoms with Crippen LogP contribution in [-0.4, -0.2) is 40.4 Å². The molecule has 2 bridgehead atoms. The summed E-state index contributed by atoms with van der Waals surface area (Å²) in [5, 5.41) is 0. The summed E-state index contributed by atoms with van der Waals surface area (Å²) in [5.41, 5.74) is -1.70. The maximum Gasteiger partial charge on any atom is 0.387 e. The molecule has 0 unspecified atom stereocenters. The number of alkyl halides is 2. The predicted molar refractivity (Wildman–Crippen MR) is 150 cm³/mol. The molecule has 0 aliphatic heterocycles. The number of carbonyl (C=O) groups is 2. The van der Waals surface area contributed by atoms with Crippen LogP contribution < -0.4 is 9.04 Å². The zero-order valence-corrected chi connectivity index (χ0v) is 24.0. The molecule has 2 fully saturated rings. The number of halogens is 4. The molecule has 3 aromatic rings. The van der Waals surface area contributed by atoms with E-state index in [2.05, 4.69) is 4.74 Å². The third-order valence-electron chi connectivity index (χ3n) is 8.51. The van der Waals surface area contributed by atoms with Crippen molar-refractivity contribution in [3.8, 4) is 16.9 Å². The molecule has 0 radical (unpaired) electrons. The summed E-state index contributed by atoms with van der Waals surface area (Å²) >= 11 is 0. The lowest BCUT2D eigenvalue weighted by atomic mass is 9.79. The topological polar surface area (TPSA) is 90.0 Å². The number of nitrogens with zero attached hydrogens (tertiary/aromatic N) is 1. The number of Topliss-reactive ketones (excluding diaryl/α,β-unsaturated/α-hetero) is 1. The molecule has 0 aromatic heterocycles. The van der Waals surface area contributed by atoms with E-state index in [1.54, 1.807) is 30.3 Å². The van der Waals surface area contributed by atoms with Crippen LogP contribution in [0.1, 0.15) is 37.7 Å². The minimum Gasteiger partial charge on any atom is -0.469 e. The Morgan fingerprint density at radius 1 is 0.907 bits per heavy atom. The lowest BCUT2D eigenvalue weighted by Gasteiger charge is -2.30. The number of anilines is 1. The lowest BCUT2D eigenvalue weighted by molar-refractivity contribution is -0.152. The third-order valence-corrected chi connectivity index (χ3v) is 10.2. The highest BCUT2D eigenvalue weighted by Gasteiger charge is 2.61. The van der Waals surface area contributed by atoms with Gasteiger partial charge in [-0.3, -0.25) is 13.9 Å². The van der Waals surface area contributed by atoms with Gasteiger partial charge in [-0.05, 0) is 73.1 Å². The third kappa shape index (κ3) is 6.11. The van der Waals surface area contributed by atoms with E-state index in [9.17, 15) is 31.2 Å². The fraction of sp³-hybridized carbons (Fsp3) is 0.355. The van der Waals surface area contributed by atoms with Crippen LogP contribution in [0.15, 0.2) is 66.7 Å².